The summed E-state index contributed by atoms with van der Waals surface area (Å²) in [4.78, 5) is 12.2. The van der Waals surface area contributed by atoms with Crippen molar-refractivity contribution in [3.63, 3.8) is 0 Å². The predicted molar refractivity (Wildman–Crippen MR) is 79.9 cm³/mol. The number of nitrogens with one attached hydrogen (secondary N) is 1. The van der Waals surface area contributed by atoms with E-state index in [1.54, 1.807) is 6.07 Å². The molecule has 1 heterocycles. The maximum Gasteiger partial charge on any atom is 0.287 e. The van der Waals surface area contributed by atoms with Crippen molar-refractivity contribution in [2.75, 3.05) is 6.61 Å². The van der Waals surface area contributed by atoms with Crippen LogP contribution < -0.4 is 5.32 Å². The molecule has 3 aromatic rings. The van der Waals surface area contributed by atoms with E-state index in [0.717, 1.165) is 10.9 Å². The largest absolute Gasteiger partial charge is 0.451 e. The fraction of sp³-hybridized carbons (Fsp3) is 0.118. The van der Waals surface area contributed by atoms with Crippen LogP contribution in [0.3, 0.4) is 0 Å². The molecule has 1 unspecified atom stereocenters. The van der Waals surface area contributed by atoms with E-state index >= 15 is 0 Å². The number of aliphatic hydroxyl groups is 1. The summed E-state index contributed by atoms with van der Waals surface area (Å²) in [7, 11) is 0. The molecule has 4 nitrogen and oxygen atoms in total. The van der Waals surface area contributed by atoms with Crippen LogP contribution in [-0.4, -0.2) is 17.6 Å². The van der Waals surface area contributed by atoms with Gasteiger partial charge in [0.2, 0.25) is 0 Å². The highest BCUT2D eigenvalue weighted by Gasteiger charge is 2.17. The topological polar surface area (TPSA) is 62.5 Å². The van der Waals surface area contributed by atoms with Gasteiger partial charge in [0.1, 0.15) is 5.58 Å². The van der Waals surface area contributed by atoms with Crippen LogP contribution in [0.25, 0.3) is 11.0 Å². The Bertz CT molecular complexity index is 716. The molecule has 106 valence electrons. The summed E-state index contributed by atoms with van der Waals surface area (Å²) in [6, 6.07) is 18.0. The molecular weight excluding hydrogens is 266 g/mol. The Labute approximate surface area is 122 Å². The van der Waals surface area contributed by atoms with E-state index < -0.39 is 6.04 Å². The number of amides is 1. The van der Waals surface area contributed by atoms with E-state index in [9.17, 15) is 9.90 Å². The quantitative estimate of drug-likeness (QED) is 0.773. The summed E-state index contributed by atoms with van der Waals surface area (Å²) in [5.41, 5.74) is 1.52. The highest BCUT2D eigenvalue weighted by molar-refractivity contribution is 5.96. The Morgan fingerprint density at radius 3 is 2.52 bits per heavy atom. The molecule has 0 bridgehead atoms. The van der Waals surface area contributed by atoms with Crippen molar-refractivity contribution in [1.29, 1.82) is 0 Å². The van der Waals surface area contributed by atoms with Crippen LogP contribution in [0, 0.1) is 0 Å². The molecule has 0 aliphatic rings. The van der Waals surface area contributed by atoms with Gasteiger partial charge in [0.25, 0.3) is 5.91 Å². The lowest BCUT2D eigenvalue weighted by atomic mass is 10.1. The molecule has 1 amide bonds. The minimum Gasteiger partial charge on any atom is -0.451 e. The molecule has 2 aromatic carbocycles. The molecule has 0 radical (unpaired) electrons. The van der Waals surface area contributed by atoms with Gasteiger partial charge in [0, 0.05) is 5.39 Å². The van der Waals surface area contributed by atoms with Crippen molar-refractivity contribution >= 4 is 16.9 Å². The molecule has 21 heavy (non-hydrogen) atoms. The molecule has 0 saturated carbocycles. The zero-order chi connectivity index (χ0) is 14.7. The third kappa shape index (κ3) is 2.80. The minimum atomic E-state index is -0.452. The Balaban J connectivity index is 1.81. The number of aliphatic hydroxyl groups excluding tert-OH is 1. The third-order valence-electron chi connectivity index (χ3n) is 3.34. The van der Waals surface area contributed by atoms with Crippen molar-refractivity contribution in [2.45, 2.75) is 6.04 Å². The van der Waals surface area contributed by atoms with Gasteiger partial charge in [0.15, 0.2) is 5.76 Å². The smallest absolute Gasteiger partial charge is 0.287 e. The Morgan fingerprint density at radius 1 is 1.10 bits per heavy atom. The number of carbonyl (C=O) groups excluding carboxylic acids is 1. The second kappa shape index (κ2) is 5.81. The van der Waals surface area contributed by atoms with Gasteiger partial charge in [-0.2, -0.15) is 0 Å². The summed E-state index contributed by atoms with van der Waals surface area (Å²) < 4.78 is 5.52. The van der Waals surface area contributed by atoms with Crippen LogP contribution in [-0.2, 0) is 0 Å². The number of benzene rings is 2. The van der Waals surface area contributed by atoms with E-state index in [4.69, 9.17) is 4.42 Å². The zero-order valence-electron chi connectivity index (χ0n) is 11.3. The van der Waals surface area contributed by atoms with E-state index in [1.165, 1.54) is 0 Å². The van der Waals surface area contributed by atoms with Crippen LogP contribution in [0.5, 0.6) is 0 Å². The van der Waals surface area contributed by atoms with Crippen molar-refractivity contribution < 1.29 is 14.3 Å². The van der Waals surface area contributed by atoms with Gasteiger partial charge in [-0.25, -0.2) is 0 Å². The van der Waals surface area contributed by atoms with E-state index in [1.807, 2.05) is 54.6 Å². The maximum atomic E-state index is 12.2. The Kier molecular flexibility index (Phi) is 3.71. The number of rotatable bonds is 4. The number of hydrogen-bond donors (Lipinski definition) is 2. The number of hydrogen-bond acceptors (Lipinski definition) is 3. The Morgan fingerprint density at radius 2 is 1.81 bits per heavy atom. The van der Waals surface area contributed by atoms with Crippen LogP contribution in [0.2, 0.25) is 0 Å². The van der Waals surface area contributed by atoms with E-state index in [0.29, 0.717) is 5.58 Å². The number of para-hydroxylation sites is 1. The molecule has 0 aliphatic carbocycles. The highest BCUT2D eigenvalue weighted by Crippen LogP contribution is 2.20. The summed E-state index contributed by atoms with van der Waals surface area (Å²) in [6.45, 7) is -0.171. The fourth-order valence-corrected chi connectivity index (χ4v) is 2.24. The highest BCUT2D eigenvalue weighted by atomic mass is 16.3. The zero-order valence-corrected chi connectivity index (χ0v) is 11.3. The molecule has 0 fully saturated rings. The first-order valence-corrected chi connectivity index (χ1v) is 6.73. The standard InChI is InChI=1S/C17H15NO3/c19-11-14(12-6-2-1-3-7-12)18-17(20)16-10-13-8-4-5-9-15(13)21-16/h1-10,14,19H,11H2,(H,18,20). The van der Waals surface area contributed by atoms with Gasteiger partial charge in [-0.3, -0.25) is 4.79 Å². The number of fused-ring (bicyclic) bond motifs is 1. The summed E-state index contributed by atoms with van der Waals surface area (Å²) >= 11 is 0. The lowest BCUT2D eigenvalue weighted by Crippen LogP contribution is -2.30. The van der Waals surface area contributed by atoms with Gasteiger partial charge in [0.05, 0.1) is 12.6 Å². The number of carbonyl (C=O) groups is 1. The van der Waals surface area contributed by atoms with Crippen molar-refractivity contribution in [1.82, 2.24) is 5.32 Å². The molecule has 2 N–H and O–H groups in total. The average Bonchev–Trinajstić information content (AvgIpc) is 2.97. The van der Waals surface area contributed by atoms with Crippen LogP contribution in [0.4, 0.5) is 0 Å². The predicted octanol–water partition coefficient (Wildman–Crippen LogP) is 2.90. The van der Waals surface area contributed by atoms with Crippen LogP contribution in [0.1, 0.15) is 22.2 Å². The van der Waals surface area contributed by atoms with Crippen molar-refractivity contribution in [3.05, 3.63) is 72.0 Å². The third-order valence-corrected chi connectivity index (χ3v) is 3.34. The molecule has 0 saturated heterocycles. The molecule has 1 atom stereocenters. The summed E-state index contributed by atoms with van der Waals surface area (Å²) in [6.07, 6.45) is 0. The SMILES string of the molecule is O=C(NC(CO)c1ccccc1)c1cc2ccccc2o1. The normalized spacial score (nSPS) is 12.2. The van der Waals surface area contributed by atoms with Crippen molar-refractivity contribution in [2.24, 2.45) is 0 Å². The first-order chi connectivity index (χ1) is 10.3. The van der Waals surface area contributed by atoms with Gasteiger partial charge in [-0.1, -0.05) is 48.5 Å². The fourth-order valence-electron chi connectivity index (χ4n) is 2.24. The second-order valence-corrected chi connectivity index (χ2v) is 4.77. The van der Waals surface area contributed by atoms with E-state index in [2.05, 4.69) is 5.32 Å². The summed E-state index contributed by atoms with van der Waals surface area (Å²) in [5.74, 6) is -0.0975. The molecule has 1 aromatic heterocycles. The summed E-state index contributed by atoms with van der Waals surface area (Å²) in [5, 5.41) is 13.1. The average molecular weight is 281 g/mol. The molecule has 3 rings (SSSR count). The van der Waals surface area contributed by atoms with Gasteiger partial charge >= 0.3 is 0 Å². The van der Waals surface area contributed by atoms with Crippen molar-refractivity contribution in [3.8, 4) is 0 Å². The van der Waals surface area contributed by atoms with E-state index in [-0.39, 0.29) is 18.3 Å². The molecule has 4 heteroatoms. The van der Waals surface area contributed by atoms with Crippen LogP contribution in [0.15, 0.2) is 65.1 Å². The first kappa shape index (κ1) is 13.4. The number of furan rings is 1. The molecule has 0 aliphatic heterocycles. The maximum absolute atomic E-state index is 12.2. The van der Waals surface area contributed by atoms with Gasteiger partial charge in [-0.05, 0) is 17.7 Å². The molecule has 0 spiro atoms. The lowest BCUT2D eigenvalue weighted by Gasteiger charge is -2.15. The molecular formula is C17H15NO3. The van der Waals surface area contributed by atoms with Gasteiger partial charge < -0.3 is 14.8 Å². The van der Waals surface area contributed by atoms with Gasteiger partial charge in [-0.15, -0.1) is 0 Å². The monoisotopic (exact) mass is 281 g/mol. The first-order valence-electron chi connectivity index (χ1n) is 6.73. The minimum absolute atomic E-state index is 0.171. The van der Waals surface area contributed by atoms with Crippen LogP contribution >= 0.6 is 0 Å². The Hall–Kier alpha value is -2.59. The second-order valence-electron chi connectivity index (χ2n) is 4.77. The lowest BCUT2D eigenvalue weighted by molar-refractivity contribution is 0.0890.